The molecular weight excluding hydrogens is 252 g/mol. The van der Waals surface area contributed by atoms with Crippen LogP contribution in [-0.2, 0) is 4.79 Å². The first-order valence-corrected chi connectivity index (χ1v) is 6.54. The van der Waals surface area contributed by atoms with Crippen LogP contribution in [-0.4, -0.2) is 42.2 Å². The summed E-state index contributed by atoms with van der Waals surface area (Å²) in [6.07, 6.45) is -1.07. The molecule has 96 valence electrons. The number of anilines is 1. The Morgan fingerprint density at radius 1 is 1.61 bits per heavy atom. The molecular formula is C12H14N2O3S. The van der Waals surface area contributed by atoms with E-state index in [1.54, 1.807) is 25.2 Å². The highest BCUT2D eigenvalue weighted by Crippen LogP contribution is 2.32. The molecule has 5 nitrogen and oxygen atoms in total. The van der Waals surface area contributed by atoms with Crippen molar-refractivity contribution in [2.24, 2.45) is 0 Å². The highest BCUT2D eigenvalue weighted by Gasteiger charge is 2.20. The lowest BCUT2D eigenvalue weighted by molar-refractivity contribution is -0.113. The largest absolute Gasteiger partial charge is 0.384 e. The molecule has 3 N–H and O–H groups in total. The summed E-state index contributed by atoms with van der Waals surface area (Å²) in [5.74, 6) is -0.0345. The van der Waals surface area contributed by atoms with E-state index in [2.05, 4.69) is 10.6 Å². The van der Waals surface area contributed by atoms with E-state index in [0.717, 1.165) is 4.90 Å². The third-order valence-corrected chi connectivity index (χ3v) is 3.67. The van der Waals surface area contributed by atoms with E-state index in [9.17, 15) is 14.7 Å². The van der Waals surface area contributed by atoms with Crippen LogP contribution in [0, 0.1) is 0 Å². The van der Waals surface area contributed by atoms with Crippen molar-refractivity contribution < 1.29 is 14.7 Å². The highest BCUT2D eigenvalue weighted by atomic mass is 32.2. The number of rotatable bonds is 4. The standard InChI is InChI=1S/C12H14N2O3S/c1-13-5-9(15)12(17)7-2-3-10-8(4-7)14-11(16)6-18-10/h2-4,9,13,15H,5-6H2,1H3,(H,14,16). The van der Waals surface area contributed by atoms with Gasteiger partial charge in [0.15, 0.2) is 5.78 Å². The molecule has 1 aliphatic rings. The molecule has 1 amide bonds. The number of nitrogens with one attached hydrogen (secondary N) is 2. The number of Topliss-reactive ketones (excluding diaryl/α,β-unsaturated/α-hetero) is 1. The third kappa shape index (κ3) is 2.72. The minimum absolute atomic E-state index is 0.0760. The number of hydrogen-bond acceptors (Lipinski definition) is 5. The van der Waals surface area contributed by atoms with Crippen LogP contribution in [0.4, 0.5) is 5.69 Å². The van der Waals surface area contributed by atoms with Gasteiger partial charge in [-0.1, -0.05) is 6.07 Å². The number of aliphatic hydroxyl groups is 1. The van der Waals surface area contributed by atoms with Crippen LogP contribution in [0.3, 0.4) is 0 Å². The average molecular weight is 266 g/mol. The van der Waals surface area contributed by atoms with Crippen LogP contribution in [0.25, 0.3) is 0 Å². The molecule has 1 unspecified atom stereocenters. The van der Waals surface area contributed by atoms with Gasteiger partial charge in [-0.25, -0.2) is 0 Å². The number of benzene rings is 1. The summed E-state index contributed by atoms with van der Waals surface area (Å²) in [7, 11) is 1.67. The van der Waals surface area contributed by atoms with Gasteiger partial charge in [0, 0.05) is 17.0 Å². The third-order valence-electron chi connectivity index (χ3n) is 2.60. The Bertz CT molecular complexity index is 490. The van der Waals surface area contributed by atoms with E-state index in [0.29, 0.717) is 17.0 Å². The van der Waals surface area contributed by atoms with E-state index in [4.69, 9.17) is 0 Å². The Balaban J connectivity index is 2.22. The Labute approximate surface area is 109 Å². The number of thioether (sulfide) groups is 1. The maximum absolute atomic E-state index is 11.9. The molecule has 0 saturated heterocycles. The van der Waals surface area contributed by atoms with E-state index >= 15 is 0 Å². The molecule has 0 fully saturated rings. The highest BCUT2D eigenvalue weighted by molar-refractivity contribution is 8.00. The van der Waals surface area contributed by atoms with Crippen molar-refractivity contribution in [3.63, 3.8) is 0 Å². The number of ketones is 1. The van der Waals surface area contributed by atoms with Crippen molar-refractivity contribution in [1.82, 2.24) is 5.32 Å². The van der Waals surface area contributed by atoms with Crippen molar-refractivity contribution in [3.8, 4) is 0 Å². The molecule has 1 aromatic carbocycles. The monoisotopic (exact) mass is 266 g/mol. The average Bonchev–Trinajstić information content (AvgIpc) is 2.37. The number of fused-ring (bicyclic) bond motifs is 1. The van der Waals surface area contributed by atoms with Gasteiger partial charge in [-0.3, -0.25) is 9.59 Å². The predicted octanol–water partition coefficient (Wildman–Crippen LogP) is 0.494. The number of amides is 1. The van der Waals surface area contributed by atoms with Gasteiger partial charge >= 0.3 is 0 Å². The molecule has 0 bridgehead atoms. The van der Waals surface area contributed by atoms with Crippen molar-refractivity contribution >= 4 is 29.1 Å². The van der Waals surface area contributed by atoms with Crippen LogP contribution in [0.15, 0.2) is 23.1 Å². The van der Waals surface area contributed by atoms with Crippen LogP contribution in [0.2, 0.25) is 0 Å². The molecule has 2 rings (SSSR count). The number of likely N-dealkylation sites (N-methyl/N-ethyl adjacent to an activating group) is 1. The fourth-order valence-corrected chi connectivity index (χ4v) is 2.50. The fraction of sp³-hybridized carbons (Fsp3) is 0.333. The fourth-order valence-electron chi connectivity index (χ4n) is 1.71. The lowest BCUT2D eigenvalue weighted by atomic mass is 10.1. The Morgan fingerprint density at radius 3 is 3.11 bits per heavy atom. The number of carbonyl (C=O) groups is 2. The van der Waals surface area contributed by atoms with E-state index in [1.165, 1.54) is 11.8 Å². The second-order valence-corrected chi connectivity index (χ2v) is 5.00. The maximum atomic E-state index is 11.9. The van der Waals surface area contributed by atoms with Gasteiger partial charge in [-0.2, -0.15) is 0 Å². The van der Waals surface area contributed by atoms with Gasteiger partial charge < -0.3 is 15.7 Å². The number of hydrogen-bond donors (Lipinski definition) is 3. The van der Waals surface area contributed by atoms with Crippen molar-refractivity contribution in [2.75, 3.05) is 24.7 Å². The summed E-state index contributed by atoms with van der Waals surface area (Å²) in [6.45, 7) is 0.205. The summed E-state index contributed by atoms with van der Waals surface area (Å²) >= 11 is 1.44. The lowest BCUT2D eigenvalue weighted by Crippen LogP contribution is -2.31. The van der Waals surface area contributed by atoms with Gasteiger partial charge in [0.05, 0.1) is 11.4 Å². The summed E-state index contributed by atoms with van der Waals surface area (Å²) in [4.78, 5) is 24.1. The van der Waals surface area contributed by atoms with Gasteiger partial charge in [0.1, 0.15) is 6.10 Å². The van der Waals surface area contributed by atoms with Gasteiger partial charge in [-0.15, -0.1) is 11.8 Å². The normalized spacial score (nSPS) is 15.8. The molecule has 0 spiro atoms. The summed E-state index contributed by atoms with van der Waals surface area (Å²) in [5, 5.41) is 15.1. The molecule has 0 aromatic heterocycles. The first-order valence-electron chi connectivity index (χ1n) is 5.55. The first kappa shape index (κ1) is 13.1. The van der Waals surface area contributed by atoms with E-state index in [-0.39, 0.29) is 18.2 Å². The summed E-state index contributed by atoms with van der Waals surface area (Å²) in [5.41, 5.74) is 1.04. The minimum atomic E-state index is -1.07. The van der Waals surface area contributed by atoms with E-state index < -0.39 is 6.10 Å². The zero-order valence-corrected chi connectivity index (χ0v) is 10.7. The van der Waals surface area contributed by atoms with Gasteiger partial charge in [-0.05, 0) is 19.2 Å². The van der Waals surface area contributed by atoms with E-state index in [1.807, 2.05) is 0 Å². The summed E-state index contributed by atoms with van der Waals surface area (Å²) in [6, 6.07) is 5.07. The molecule has 0 saturated carbocycles. The first-order chi connectivity index (χ1) is 8.61. The maximum Gasteiger partial charge on any atom is 0.234 e. The number of aliphatic hydroxyl groups excluding tert-OH is 1. The second-order valence-electron chi connectivity index (χ2n) is 3.99. The molecule has 1 heterocycles. The second kappa shape index (κ2) is 5.51. The Hall–Kier alpha value is -1.37. The van der Waals surface area contributed by atoms with Crippen molar-refractivity contribution in [3.05, 3.63) is 23.8 Å². The molecule has 1 aromatic rings. The van der Waals surface area contributed by atoms with Gasteiger partial charge in [0.25, 0.3) is 0 Å². The van der Waals surface area contributed by atoms with Crippen LogP contribution < -0.4 is 10.6 Å². The minimum Gasteiger partial charge on any atom is -0.384 e. The van der Waals surface area contributed by atoms with Crippen molar-refractivity contribution in [1.29, 1.82) is 0 Å². The molecule has 0 aliphatic carbocycles. The summed E-state index contributed by atoms with van der Waals surface area (Å²) < 4.78 is 0. The molecule has 1 aliphatic heterocycles. The number of carbonyl (C=O) groups excluding carboxylic acids is 2. The lowest BCUT2D eigenvalue weighted by Gasteiger charge is -2.17. The Morgan fingerprint density at radius 2 is 2.39 bits per heavy atom. The van der Waals surface area contributed by atoms with Crippen LogP contribution in [0.5, 0.6) is 0 Å². The van der Waals surface area contributed by atoms with Gasteiger partial charge in [0.2, 0.25) is 5.91 Å². The molecule has 1 atom stereocenters. The SMILES string of the molecule is CNCC(O)C(=O)c1ccc2c(c1)NC(=O)CS2. The molecule has 18 heavy (non-hydrogen) atoms. The Kier molecular flexibility index (Phi) is 4.00. The quantitative estimate of drug-likeness (QED) is 0.691. The predicted molar refractivity (Wildman–Crippen MR) is 70.1 cm³/mol. The topological polar surface area (TPSA) is 78.4 Å². The van der Waals surface area contributed by atoms with Crippen LogP contribution in [0.1, 0.15) is 10.4 Å². The van der Waals surface area contributed by atoms with Crippen LogP contribution >= 0.6 is 11.8 Å². The van der Waals surface area contributed by atoms with Crippen molar-refractivity contribution in [2.45, 2.75) is 11.0 Å². The molecule has 6 heteroatoms. The zero-order chi connectivity index (χ0) is 13.1. The smallest absolute Gasteiger partial charge is 0.234 e. The zero-order valence-electron chi connectivity index (χ0n) is 9.90. The molecule has 0 radical (unpaired) electrons.